The molecule has 1 aromatic heterocycles. The van der Waals surface area contributed by atoms with E-state index in [0.29, 0.717) is 17.9 Å². The van der Waals surface area contributed by atoms with Gasteiger partial charge in [0.2, 0.25) is 6.29 Å². The Hall–Kier alpha value is -1.19. The third-order valence-electron chi connectivity index (χ3n) is 2.43. The first kappa shape index (κ1) is 15.2. The number of thioether (sulfide) groups is 1. The fraction of sp³-hybridized carbons (Fsp3) is 0.400. The molecule has 10 heteroatoms. The van der Waals surface area contributed by atoms with Crippen LogP contribution >= 0.6 is 23.1 Å². The number of esters is 1. The predicted molar refractivity (Wildman–Crippen MR) is 71.2 cm³/mol. The summed E-state index contributed by atoms with van der Waals surface area (Å²) in [6, 6.07) is 0. The van der Waals surface area contributed by atoms with Crippen molar-refractivity contribution in [2.75, 3.05) is 12.9 Å². The molecular weight excluding hydrogens is 326 g/mol. The first-order chi connectivity index (χ1) is 9.49. The van der Waals surface area contributed by atoms with Gasteiger partial charge in [0, 0.05) is 16.7 Å². The van der Waals surface area contributed by atoms with Crippen molar-refractivity contribution in [3.05, 3.63) is 10.3 Å². The van der Waals surface area contributed by atoms with Gasteiger partial charge in [-0.25, -0.2) is 9.59 Å². The fourth-order valence-corrected chi connectivity index (χ4v) is 4.94. The average molecular weight is 335 g/mol. The van der Waals surface area contributed by atoms with Crippen LogP contribution in [0, 0.1) is 0 Å². The molecule has 2 heterocycles. The molecule has 0 aliphatic carbocycles. The van der Waals surface area contributed by atoms with E-state index >= 15 is 0 Å². The van der Waals surface area contributed by atoms with Gasteiger partial charge >= 0.3 is 5.97 Å². The van der Waals surface area contributed by atoms with Crippen LogP contribution in [0.4, 0.5) is 0 Å². The molecule has 108 valence electrons. The van der Waals surface area contributed by atoms with E-state index in [1.54, 1.807) is 6.26 Å². The summed E-state index contributed by atoms with van der Waals surface area (Å²) in [6.45, 7) is 0.499. The van der Waals surface area contributed by atoms with Gasteiger partial charge in [0.05, 0.1) is 6.61 Å². The summed E-state index contributed by atoms with van der Waals surface area (Å²) in [4.78, 5) is 22.1. The van der Waals surface area contributed by atoms with E-state index in [-0.39, 0.29) is 9.77 Å². The van der Waals surface area contributed by atoms with E-state index in [0.717, 1.165) is 29.2 Å². The molecule has 1 fully saturated rings. The smallest absolute Gasteiger partial charge is 0.352 e. The summed E-state index contributed by atoms with van der Waals surface area (Å²) in [5, 5.41) is 1.50. The predicted octanol–water partition coefficient (Wildman–Crippen LogP) is 1.40. The zero-order valence-corrected chi connectivity index (χ0v) is 12.6. The lowest BCUT2D eigenvalue weighted by molar-refractivity contribution is -0.184. The molecule has 1 unspecified atom stereocenters. The van der Waals surface area contributed by atoms with E-state index in [1.807, 2.05) is 0 Å². The molecule has 0 bridgehead atoms. The van der Waals surface area contributed by atoms with Crippen LogP contribution in [0.1, 0.15) is 16.1 Å². The molecular formula is C10H9NO6S3. The van der Waals surface area contributed by atoms with Gasteiger partial charge in [-0.3, -0.25) is 0 Å². The Bertz CT molecular complexity index is 669. The molecule has 0 amide bonds. The van der Waals surface area contributed by atoms with Crippen molar-refractivity contribution in [3.8, 4) is 0 Å². The van der Waals surface area contributed by atoms with Crippen LogP contribution in [0.25, 0.3) is 0 Å². The van der Waals surface area contributed by atoms with Crippen molar-refractivity contribution >= 4 is 45.2 Å². The van der Waals surface area contributed by atoms with Crippen LogP contribution < -0.4 is 0 Å². The van der Waals surface area contributed by atoms with Gasteiger partial charge in [0.25, 0.3) is 16.1 Å². The first-order valence-electron chi connectivity index (χ1n) is 5.32. The maximum absolute atomic E-state index is 11.9. The van der Waals surface area contributed by atoms with Crippen LogP contribution in [-0.2, 0) is 24.3 Å². The Balaban J connectivity index is 2.40. The fourth-order valence-electron chi connectivity index (χ4n) is 1.43. The number of carbonyl (C=O) groups is 1. The van der Waals surface area contributed by atoms with Crippen molar-refractivity contribution in [1.29, 1.82) is 0 Å². The lowest BCUT2D eigenvalue weighted by atomic mass is 10.3. The van der Waals surface area contributed by atoms with E-state index in [9.17, 15) is 18.0 Å². The first-order valence-corrected chi connectivity index (χ1v) is 8.86. The van der Waals surface area contributed by atoms with E-state index in [4.69, 9.17) is 9.47 Å². The highest BCUT2D eigenvalue weighted by molar-refractivity contribution is 7.99. The molecule has 0 radical (unpaired) electrons. The number of thiophene rings is 1. The molecule has 1 aliphatic rings. The minimum atomic E-state index is -4.26. The third kappa shape index (κ3) is 2.94. The summed E-state index contributed by atoms with van der Waals surface area (Å²) >= 11 is 2.05. The van der Waals surface area contributed by atoms with Gasteiger partial charge in [0.1, 0.15) is 9.77 Å². The lowest BCUT2D eigenvalue weighted by Gasteiger charge is -2.25. The van der Waals surface area contributed by atoms with Gasteiger partial charge in [-0.05, 0) is 6.26 Å². The second kappa shape index (κ2) is 6.06. The van der Waals surface area contributed by atoms with Gasteiger partial charge < -0.3 is 9.47 Å². The maximum Gasteiger partial charge on any atom is 0.352 e. The zero-order chi connectivity index (χ0) is 14.8. The van der Waals surface area contributed by atoms with E-state index in [1.165, 1.54) is 5.38 Å². The molecule has 0 saturated carbocycles. The molecule has 20 heavy (non-hydrogen) atoms. The minimum Gasteiger partial charge on any atom is -0.431 e. The van der Waals surface area contributed by atoms with Gasteiger partial charge in [0.15, 0.2) is 0 Å². The Morgan fingerprint density at radius 2 is 2.35 bits per heavy atom. The number of hydrogen-bond donors (Lipinski definition) is 0. The van der Waals surface area contributed by atoms with Crippen molar-refractivity contribution in [2.45, 2.75) is 22.5 Å². The van der Waals surface area contributed by atoms with Crippen LogP contribution in [0.3, 0.4) is 0 Å². The molecule has 1 aromatic rings. The lowest BCUT2D eigenvalue weighted by Crippen LogP contribution is -2.32. The monoisotopic (exact) mass is 335 g/mol. The average Bonchev–Trinajstić information content (AvgIpc) is 2.78. The SMILES string of the molecule is CSc1csc(C(=O)OC2CCO2)c1S(=O)(=O)N=C=O. The molecule has 1 saturated heterocycles. The van der Waals surface area contributed by atoms with Crippen LogP contribution in [0.15, 0.2) is 19.6 Å². The summed E-state index contributed by atoms with van der Waals surface area (Å²) < 4.78 is 36.5. The second-order valence-corrected chi connectivity index (χ2v) is 6.88. The summed E-state index contributed by atoms with van der Waals surface area (Å²) in [5.41, 5.74) is 0. The van der Waals surface area contributed by atoms with Crippen molar-refractivity contribution < 1.29 is 27.5 Å². The van der Waals surface area contributed by atoms with Crippen LogP contribution in [0.2, 0.25) is 0 Å². The van der Waals surface area contributed by atoms with Crippen molar-refractivity contribution in [3.63, 3.8) is 0 Å². The van der Waals surface area contributed by atoms with Crippen LogP contribution in [-0.4, -0.2) is 39.6 Å². The van der Waals surface area contributed by atoms with E-state index in [2.05, 4.69) is 4.40 Å². The number of rotatable bonds is 5. The maximum atomic E-state index is 11.9. The number of carbonyl (C=O) groups excluding carboxylic acids is 2. The molecule has 2 rings (SSSR count). The third-order valence-corrected chi connectivity index (χ3v) is 5.81. The Kier molecular flexibility index (Phi) is 4.61. The molecule has 0 aromatic carbocycles. The van der Waals surface area contributed by atoms with Crippen molar-refractivity contribution in [1.82, 2.24) is 0 Å². The normalized spacial score (nSPS) is 17.9. The Morgan fingerprint density at radius 3 is 2.85 bits per heavy atom. The topological polar surface area (TPSA) is 99.1 Å². The molecule has 7 nitrogen and oxygen atoms in total. The van der Waals surface area contributed by atoms with Crippen LogP contribution in [0.5, 0.6) is 0 Å². The molecule has 1 aliphatic heterocycles. The number of hydrogen-bond acceptors (Lipinski definition) is 8. The second-order valence-electron chi connectivity index (χ2n) is 3.61. The highest BCUT2D eigenvalue weighted by Crippen LogP contribution is 2.35. The Morgan fingerprint density at radius 1 is 1.65 bits per heavy atom. The Labute approximate surface area is 123 Å². The minimum absolute atomic E-state index is 0.121. The quantitative estimate of drug-likeness (QED) is 0.347. The highest BCUT2D eigenvalue weighted by Gasteiger charge is 2.32. The summed E-state index contributed by atoms with van der Waals surface area (Å²) in [5.74, 6) is -0.806. The summed E-state index contributed by atoms with van der Waals surface area (Å²) in [6.07, 6.45) is 2.56. The number of ether oxygens (including phenoxy) is 2. The van der Waals surface area contributed by atoms with Crippen molar-refractivity contribution in [2.24, 2.45) is 4.40 Å². The summed E-state index contributed by atoms with van der Waals surface area (Å²) in [7, 11) is -4.26. The highest BCUT2D eigenvalue weighted by atomic mass is 32.2. The van der Waals surface area contributed by atoms with E-state index < -0.39 is 22.3 Å². The van der Waals surface area contributed by atoms with Gasteiger partial charge in [-0.15, -0.1) is 23.1 Å². The standard InChI is InChI=1S/C10H9NO6S3/c1-18-6-4-19-8(9(6)20(14,15)11-5-12)10(13)17-7-2-3-16-7/h4,7H,2-3H2,1H3. The largest absolute Gasteiger partial charge is 0.431 e. The van der Waals surface area contributed by atoms with Gasteiger partial charge in [-0.1, -0.05) is 4.40 Å². The number of sulfonamides is 1. The molecule has 0 N–H and O–H groups in total. The zero-order valence-electron chi connectivity index (χ0n) is 10.2. The number of nitrogens with zero attached hydrogens (tertiary/aromatic N) is 1. The van der Waals surface area contributed by atoms with Gasteiger partial charge in [-0.2, -0.15) is 8.42 Å². The molecule has 1 atom stereocenters. The number of isocyanates is 1. The molecule has 0 spiro atoms.